The van der Waals surface area contributed by atoms with E-state index in [2.05, 4.69) is 15.0 Å². The second-order valence-corrected chi connectivity index (χ2v) is 5.26. The average molecular weight is 340 g/mol. The second kappa shape index (κ2) is 7.68. The topological polar surface area (TPSA) is 60.5 Å². The third-order valence-corrected chi connectivity index (χ3v) is 3.56. The Morgan fingerprint density at radius 1 is 1.39 bits per heavy atom. The van der Waals surface area contributed by atoms with Gasteiger partial charge in [-0.1, -0.05) is 6.07 Å². The highest BCUT2D eigenvalue weighted by atomic mass is 32.1. The Bertz CT molecular complexity index is 716. The first-order valence-electron chi connectivity index (χ1n) is 6.52. The summed E-state index contributed by atoms with van der Waals surface area (Å²) in [6, 6.07) is 4.39. The maximum atomic E-state index is 12.3. The molecule has 2 aromatic rings. The monoisotopic (exact) mass is 340 g/mol. The zero-order valence-corrected chi connectivity index (χ0v) is 13.2. The molecule has 1 heterocycles. The zero-order chi connectivity index (χ0) is 16.8. The number of carbonyl (C=O) groups is 1. The lowest BCUT2D eigenvalue weighted by Gasteiger charge is -2.10. The molecule has 0 radical (unpaired) electrons. The summed E-state index contributed by atoms with van der Waals surface area (Å²) in [6.07, 6.45) is 2.85. The highest BCUT2D eigenvalue weighted by Crippen LogP contribution is 2.29. The van der Waals surface area contributed by atoms with E-state index in [0.29, 0.717) is 10.7 Å². The number of hydrogen-bond donors (Lipinski definition) is 1. The molecule has 0 unspecified atom stereocenters. The van der Waals surface area contributed by atoms with Crippen molar-refractivity contribution in [1.82, 2.24) is 4.98 Å². The molecule has 0 spiro atoms. The fourth-order valence-corrected chi connectivity index (χ4v) is 2.40. The largest absolute Gasteiger partial charge is 0.493 e. The average Bonchev–Trinajstić information content (AvgIpc) is 2.90. The number of aromatic nitrogens is 1. The van der Waals surface area contributed by atoms with Crippen LogP contribution in [0.4, 0.5) is 13.9 Å². The quantitative estimate of drug-likeness (QED) is 0.814. The van der Waals surface area contributed by atoms with E-state index >= 15 is 0 Å². The molecule has 0 aliphatic rings. The van der Waals surface area contributed by atoms with Crippen LogP contribution in [0.25, 0.3) is 6.08 Å². The first-order valence-corrected chi connectivity index (χ1v) is 7.40. The molecule has 1 amide bonds. The number of rotatable bonds is 6. The number of thiazole rings is 1. The van der Waals surface area contributed by atoms with Crippen molar-refractivity contribution < 1.29 is 23.0 Å². The van der Waals surface area contributed by atoms with Crippen LogP contribution in [-0.4, -0.2) is 24.6 Å². The third-order valence-electron chi connectivity index (χ3n) is 2.68. The molecule has 0 aliphatic carbocycles. The van der Waals surface area contributed by atoms with Crippen molar-refractivity contribution in [2.45, 2.75) is 13.5 Å². The molecule has 1 aromatic heterocycles. The molecule has 0 aliphatic heterocycles. The van der Waals surface area contributed by atoms with Crippen molar-refractivity contribution in [3.63, 3.8) is 0 Å². The molecule has 0 saturated carbocycles. The minimum Gasteiger partial charge on any atom is -0.493 e. The fraction of sp³-hybridized carbons (Fsp3) is 0.200. The summed E-state index contributed by atoms with van der Waals surface area (Å²) in [4.78, 5) is 15.9. The van der Waals surface area contributed by atoms with Crippen LogP contribution >= 0.6 is 11.3 Å². The first-order chi connectivity index (χ1) is 11.0. The number of nitrogens with one attached hydrogen (secondary N) is 1. The van der Waals surface area contributed by atoms with E-state index in [4.69, 9.17) is 4.74 Å². The molecule has 0 atom stereocenters. The van der Waals surface area contributed by atoms with Gasteiger partial charge in [0.25, 0.3) is 0 Å². The Kier molecular flexibility index (Phi) is 5.64. The lowest BCUT2D eigenvalue weighted by molar-refractivity contribution is -0.111. The van der Waals surface area contributed by atoms with E-state index in [9.17, 15) is 13.6 Å². The standard InChI is InChI=1S/C15H14F2N2O3S/c1-9-8-23-15(18-9)19-13(20)6-4-10-3-5-11(22-14(16)17)12(7-10)21-2/h3-8,14H,1-2H3,(H,18,19,20). The number of carbonyl (C=O) groups excluding carboxylic acids is 1. The van der Waals surface area contributed by atoms with Crippen molar-refractivity contribution in [3.05, 3.63) is 40.9 Å². The molecule has 5 nitrogen and oxygen atoms in total. The molecule has 122 valence electrons. The van der Waals surface area contributed by atoms with Gasteiger partial charge in [-0.2, -0.15) is 8.78 Å². The molecule has 0 fully saturated rings. The van der Waals surface area contributed by atoms with Crippen LogP contribution in [0, 0.1) is 6.92 Å². The molecule has 1 N–H and O–H groups in total. The van der Waals surface area contributed by atoms with E-state index in [-0.39, 0.29) is 17.4 Å². The van der Waals surface area contributed by atoms with Gasteiger partial charge in [0, 0.05) is 11.5 Å². The summed E-state index contributed by atoms with van der Waals surface area (Å²) in [7, 11) is 1.35. The minimum absolute atomic E-state index is 0.0673. The van der Waals surface area contributed by atoms with Crippen molar-refractivity contribution in [2.75, 3.05) is 12.4 Å². The van der Waals surface area contributed by atoms with Crippen molar-refractivity contribution in [2.24, 2.45) is 0 Å². The molecular weight excluding hydrogens is 326 g/mol. The summed E-state index contributed by atoms with van der Waals surface area (Å²) in [6.45, 7) is -1.10. The number of hydrogen-bond acceptors (Lipinski definition) is 5. The van der Waals surface area contributed by atoms with Gasteiger partial charge >= 0.3 is 6.61 Å². The summed E-state index contributed by atoms with van der Waals surface area (Å²) in [5.74, 6) is -0.253. The van der Waals surface area contributed by atoms with Crippen molar-refractivity contribution in [1.29, 1.82) is 0 Å². The fourth-order valence-electron chi connectivity index (χ4n) is 1.71. The van der Waals surface area contributed by atoms with Gasteiger partial charge in [0.1, 0.15) is 0 Å². The SMILES string of the molecule is COc1cc(C=CC(=O)Nc2nc(C)cs2)ccc1OC(F)F. The maximum absolute atomic E-state index is 12.3. The third kappa shape index (κ3) is 5.03. The summed E-state index contributed by atoms with van der Waals surface area (Å²) in [5, 5.41) is 4.96. The molecule has 8 heteroatoms. The Hall–Kier alpha value is -2.48. The number of amides is 1. The smallest absolute Gasteiger partial charge is 0.387 e. The minimum atomic E-state index is -2.93. The van der Waals surface area contributed by atoms with Crippen LogP contribution in [0.2, 0.25) is 0 Å². The second-order valence-electron chi connectivity index (χ2n) is 4.41. The van der Waals surface area contributed by atoms with E-state index in [0.717, 1.165) is 5.69 Å². The lowest BCUT2D eigenvalue weighted by Crippen LogP contribution is -2.07. The number of nitrogens with zero attached hydrogens (tertiary/aromatic N) is 1. The normalized spacial score (nSPS) is 11.0. The number of alkyl halides is 2. The molecule has 23 heavy (non-hydrogen) atoms. The van der Waals surface area contributed by atoms with Gasteiger partial charge in [0.2, 0.25) is 5.91 Å². The Labute approximate surface area is 135 Å². The van der Waals surface area contributed by atoms with Gasteiger partial charge in [0.15, 0.2) is 16.6 Å². The van der Waals surface area contributed by atoms with E-state index in [1.807, 2.05) is 12.3 Å². The summed E-state index contributed by atoms with van der Waals surface area (Å²) < 4.78 is 33.8. The van der Waals surface area contributed by atoms with Gasteiger partial charge < -0.3 is 9.47 Å². The number of methoxy groups -OCH3 is 1. The number of anilines is 1. The van der Waals surface area contributed by atoms with Gasteiger partial charge in [-0.05, 0) is 30.7 Å². The molecule has 2 rings (SSSR count). The lowest BCUT2D eigenvalue weighted by atomic mass is 10.2. The number of benzene rings is 1. The predicted molar refractivity (Wildman–Crippen MR) is 84.1 cm³/mol. The van der Waals surface area contributed by atoms with Gasteiger partial charge in [0.05, 0.1) is 12.8 Å². The van der Waals surface area contributed by atoms with Crippen LogP contribution in [0.5, 0.6) is 11.5 Å². The molecule has 0 saturated heterocycles. The predicted octanol–water partition coefficient (Wildman–Crippen LogP) is 3.71. The molecule has 0 bridgehead atoms. The van der Waals surface area contributed by atoms with E-state index in [1.165, 1.54) is 48.8 Å². The van der Waals surface area contributed by atoms with E-state index < -0.39 is 6.61 Å². The van der Waals surface area contributed by atoms with Crippen LogP contribution in [0.1, 0.15) is 11.3 Å². The van der Waals surface area contributed by atoms with Gasteiger partial charge in [-0.15, -0.1) is 11.3 Å². The van der Waals surface area contributed by atoms with Gasteiger partial charge in [-0.25, -0.2) is 4.98 Å². The van der Waals surface area contributed by atoms with E-state index in [1.54, 1.807) is 0 Å². The van der Waals surface area contributed by atoms with Crippen molar-refractivity contribution >= 4 is 28.5 Å². The first kappa shape index (κ1) is 16.9. The summed E-state index contributed by atoms with van der Waals surface area (Å²) >= 11 is 1.33. The highest BCUT2D eigenvalue weighted by molar-refractivity contribution is 7.13. The van der Waals surface area contributed by atoms with Gasteiger partial charge in [-0.3, -0.25) is 10.1 Å². The number of ether oxygens (including phenoxy) is 2. The highest BCUT2D eigenvalue weighted by Gasteiger charge is 2.10. The maximum Gasteiger partial charge on any atom is 0.387 e. The van der Waals surface area contributed by atoms with Crippen molar-refractivity contribution in [3.8, 4) is 11.5 Å². The number of aryl methyl sites for hydroxylation is 1. The van der Waals surface area contributed by atoms with Crippen LogP contribution < -0.4 is 14.8 Å². The zero-order valence-electron chi connectivity index (χ0n) is 12.4. The van der Waals surface area contributed by atoms with Crippen LogP contribution in [0.3, 0.4) is 0 Å². The Balaban J connectivity index is 2.05. The number of halogens is 2. The Morgan fingerprint density at radius 3 is 2.78 bits per heavy atom. The van der Waals surface area contributed by atoms with Crippen LogP contribution in [0.15, 0.2) is 29.7 Å². The molecular formula is C15H14F2N2O3S. The Morgan fingerprint density at radius 2 is 2.17 bits per heavy atom. The molecule has 1 aromatic carbocycles. The summed E-state index contributed by atoms with van der Waals surface area (Å²) in [5.41, 5.74) is 1.43. The van der Waals surface area contributed by atoms with Crippen LogP contribution in [-0.2, 0) is 4.79 Å².